The number of fused-ring (bicyclic) bond motifs is 1. The molecule has 0 bridgehead atoms. The molecule has 0 aliphatic carbocycles. The monoisotopic (exact) mass is 508 g/mol. The highest BCUT2D eigenvalue weighted by atomic mass is 35.5. The van der Waals surface area contributed by atoms with Crippen LogP contribution in [-0.4, -0.2) is 45.7 Å². The van der Waals surface area contributed by atoms with Gasteiger partial charge in [-0.05, 0) is 36.8 Å². The molecule has 0 spiro atoms. The van der Waals surface area contributed by atoms with Crippen molar-refractivity contribution in [2.45, 2.75) is 19.6 Å². The molecule has 8 nitrogen and oxygen atoms in total. The minimum atomic E-state index is -4.72. The smallest absolute Gasteiger partial charge is 0.417 e. The molecule has 1 aromatic heterocycles. The number of halogens is 4. The second-order valence-corrected chi connectivity index (χ2v) is 8.29. The number of nitrogens with zero attached hydrogens (tertiary/aromatic N) is 4. The van der Waals surface area contributed by atoms with Gasteiger partial charge in [0.1, 0.15) is 0 Å². The number of carbonyl (C=O) groups excluding carboxylic acids is 3. The van der Waals surface area contributed by atoms with Gasteiger partial charge < -0.3 is 4.74 Å². The number of aromatic nitrogens is 2. The summed E-state index contributed by atoms with van der Waals surface area (Å²) in [6.07, 6.45) is -3.12. The van der Waals surface area contributed by atoms with Crippen LogP contribution in [0.3, 0.4) is 0 Å². The molecule has 0 saturated carbocycles. The van der Waals surface area contributed by atoms with Crippen LogP contribution >= 0.6 is 11.6 Å². The lowest BCUT2D eigenvalue weighted by atomic mass is 10.0. The summed E-state index contributed by atoms with van der Waals surface area (Å²) in [5.74, 6) is -3.07. The summed E-state index contributed by atoms with van der Waals surface area (Å²) in [6.45, 7) is 0.749. The summed E-state index contributed by atoms with van der Waals surface area (Å²) in [5.41, 5.74) is 0.00559. The van der Waals surface area contributed by atoms with Gasteiger partial charge in [-0.1, -0.05) is 23.7 Å². The summed E-state index contributed by atoms with van der Waals surface area (Å²) >= 11 is 5.99. The lowest BCUT2D eigenvalue weighted by Crippen LogP contribution is -2.58. The molecule has 1 atom stereocenters. The molecule has 1 aliphatic rings. The number of alkyl halides is 3. The average molecular weight is 509 g/mol. The van der Waals surface area contributed by atoms with Crippen molar-refractivity contribution < 1.29 is 32.3 Å². The Bertz CT molecular complexity index is 1320. The lowest BCUT2D eigenvalue weighted by molar-refractivity contribution is -0.154. The number of carbonyl (C=O) groups is 3. The molecule has 1 saturated heterocycles. The second kappa shape index (κ2) is 9.21. The normalized spacial score (nSPS) is 16.8. The van der Waals surface area contributed by atoms with E-state index in [4.69, 9.17) is 16.3 Å². The second-order valence-electron chi connectivity index (χ2n) is 7.91. The minimum absolute atomic E-state index is 0.0116. The molecule has 2 aromatic carbocycles. The number of aryl methyl sites for hydroxylation is 1. The van der Waals surface area contributed by atoms with Crippen molar-refractivity contribution in [2.75, 3.05) is 18.1 Å². The highest BCUT2D eigenvalue weighted by Crippen LogP contribution is 2.37. The Kier molecular flexibility index (Phi) is 6.46. The zero-order valence-electron chi connectivity index (χ0n) is 18.7. The molecular formula is C23H20ClF3N4O4. The van der Waals surface area contributed by atoms with E-state index in [2.05, 4.69) is 5.10 Å². The van der Waals surface area contributed by atoms with Crippen molar-refractivity contribution in [3.8, 4) is 0 Å². The summed E-state index contributed by atoms with van der Waals surface area (Å²) in [7, 11) is 1.75. The van der Waals surface area contributed by atoms with Gasteiger partial charge in [-0.2, -0.15) is 18.3 Å². The van der Waals surface area contributed by atoms with Gasteiger partial charge in [-0.3, -0.25) is 24.1 Å². The van der Waals surface area contributed by atoms with Crippen molar-refractivity contribution >= 4 is 46.1 Å². The topological polar surface area (TPSA) is 84.7 Å². The van der Waals surface area contributed by atoms with E-state index in [1.54, 1.807) is 43.0 Å². The molecule has 35 heavy (non-hydrogen) atoms. The summed E-state index contributed by atoms with van der Waals surface area (Å²) in [6, 6.07) is 7.48. The van der Waals surface area contributed by atoms with E-state index >= 15 is 0 Å². The van der Waals surface area contributed by atoms with Crippen molar-refractivity contribution in [2.24, 2.45) is 13.0 Å². The first-order valence-corrected chi connectivity index (χ1v) is 11.0. The zero-order chi connectivity index (χ0) is 25.5. The van der Waals surface area contributed by atoms with E-state index in [0.717, 1.165) is 27.9 Å². The third-order valence-corrected chi connectivity index (χ3v) is 6.16. The minimum Gasteiger partial charge on any atom is -0.465 e. The predicted octanol–water partition coefficient (Wildman–Crippen LogP) is 4.39. The van der Waals surface area contributed by atoms with Crippen LogP contribution in [0.15, 0.2) is 42.6 Å². The van der Waals surface area contributed by atoms with Gasteiger partial charge in [0.2, 0.25) is 5.91 Å². The van der Waals surface area contributed by atoms with Crippen LogP contribution in [0.25, 0.3) is 10.9 Å². The number of urea groups is 1. The Labute approximate surface area is 202 Å². The van der Waals surface area contributed by atoms with E-state index in [0.29, 0.717) is 5.69 Å². The Morgan fingerprint density at radius 2 is 1.97 bits per heavy atom. The molecule has 0 radical (unpaired) electrons. The highest BCUT2D eigenvalue weighted by molar-refractivity contribution is 6.32. The van der Waals surface area contributed by atoms with Gasteiger partial charge >= 0.3 is 18.2 Å². The number of ether oxygens (including phenoxy) is 1. The van der Waals surface area contributed by atoms with E-state index in [1.807, 2.05) is 0 Å². The summed E-state index contributed by atoms with van der Waals surface area (Å²) < 4.78 is 46.6. The molecule has 1 aliphatic heterocycles. The number of hydrogen-bond donors (Lipinski definition) is 0. The quantitative estimate of drug-likeness (QED) is 0.377. The van der Waals surface area contributed by atoms with Crippen LogP contribution in [0.1, 0.15) is 18.1 Å². The van der Waals surface area contributed by atoms with Crippen LogP contribution in [0, 0.1) is 5.92 Å². The van der Waals surface area contributed by atoms with E-state index < -0.39 is 47.1 Å². The Balaban J connectivity index is 1.74. The molecule has 0 N–H and O–H groups in total. The average Bonchev–Trinajstić information content (AvgIpc) is 3.17. The van der Waals surface area contributed by atoms with Crippen LogP contribution in [0.5, 0.6) is 0 Å². The summed E-state index contributed by atoms with van der Waals surface area (Å²) in [5, 5.41) is 4.25. The fraction of sp³-hybridized carbons (Fsp3) is 0.304. The number of amides is 3. The molecule has 3 amide bonds. The Morgan fingerprint density at radius 1 is 1.23 bits per heavy atom. The number of benzene rings is 2. The number of rotatable bonds is 5. The van der Waals surface area contributed by atoms with Gasteiger partial charge in [0.25, 0.3) is 0 Å². The molecule has 4 rings (SSSR count). The van der Waals surface area contributed by atoms with E-state index in [9.17, 15) is 27.6 Å². The maximum atomic E-state index is 13.4. The van der Waals surface area contributed by atoms with Crippen molar-refractivity contribution in [3.05, 3.63) is 58.7 Å². The molecule has 1 fully saturated rings. The van der Waals surface area contributed by atoms with Gasteiger partial charge in [-0.15, -0.1) is 0 Å². The molecule has 12 heteroatoms. The van der Waals surface area contributed by atoms with Crippen LogP contribution < -0.4 is 4.90 Å². The Hall–Kier alpha value is -3.60. The molecule has 1 unspecified atom stereocenters. The standard InChI is InChI=1S/C23H20ClF3N4O4/c1-3-35-21(33)16-12-30(15-7-8-18-14(9-15)10-28-29(18)2)22(34)31(20(16)32)11-13-5-4-6-17(19(13)24)23(25,26)27/h4-10,16H,3,11-12H2,1-2H3. The largest absolute Gasteiger partial charge is 0.465 e. The maximum Gasteiger partial charge on any atom is 0.417 e. The number of imide groups is 1. The zero-order valence-corrected chi connectivity index (χ0v) is 19.4. The van der Waals surface area contributed by atoms with Crippen molar-refractivity contribution in [3.63, 3.8) is 0 Å². The SMILES string of the molecule is CCOC(=O)C1CN(c2ccc3c(cnn3C)c2)C(=O)N(Cc2cccc(C(F)(F)F)c2Cl)C1=O. The van der Waals surface area contributed by atoms with Crippen LogP contribution in [-0.2, 0) is 34.1 Å². The molecule has 3 aromatic rings. The number of hydrogen-bond acceptors (Lipinski definition) is 5. The first kappa shape index (κ1) is 24.5. The van der Waals surface area contributed by atoms with Crippen molar-refractivity contribution in [1.82, 2.24) is 14.7 Å². The fourth-order valence-corrected chi connectivity index (χ4v) is 4.25. The van der Waals surface area contributed by atoms with Crippen molar-refractivity contribution in [1.29, 1.82) is 0 Å². The fourth-order valence-electron chi connectivity index (χ4n) is 3.96. The Morgan fingerprint density at radius 3 is 2.66 bits per heavy atom. The third kappa shape index (κ3) is 4.55. The molecule has 184 valence electrons. The van der Waals surface area contributed by atoms with Gasteiger partial charge in [0, 0.05) is 18.1 Å². The predicted molar refractivity (Wildman–Crippen MR) is 121 cm³/mol. The number of esters is 1. The van der Waals surface area contributed by atoms with E-state index in [-0.39, 0.29) is 18.7 Å². The van der Waals surface area contributed by atoms with Crippen LogP contribution in [0.2, 0.25) is 5.02 Å². The maximum absolute atomic E-state index is 13.4. The first-order chi connectivity index (χ1) is 16.5. The van der Waals surface area contributed by atoms with Gasteiger partial charge in [-0.25, -0.2) is 4.79 Å². The van der Waals surface area contributed by atoms with E-state index in [1.165, 1.54) is 11.0 Å². The van der Waals surface area contributed by atoms with Crippen LogP contribution in [0.4, 0.5) is 23.7 Å². The molecular weight excluding hydrogens is 489 g/mol. The first-order valence-electron chi connectivity index (χ1n) is 10.6. The lowest BCUT2D eigenvalue weighted by Gasteiger charge is -2.37. The highest BCUT2D eigenvalue weighted by Gasteiger charge is 2.45. The van der Waals surface area contributed by atoms with Gasteiger partial charge in [0.05, 0.1) is 42.0 Å². The molecule has 2 heterocycles. The summed E-state index contributed by atoms with van der Waals surface area (Å²) in [4.78, 5) is 41.0. The number of anilines is 1. The third-order valence-electron chi connectivity index (χ3n) is 5.72. The van der Waals surface area contributed by atoms with Gasteiger partial charge in [0.15, 0.2) is 5.92 Å².